The summed E-state index contributed by atoms with van der Waals surface area (Å²) >= 11 is 6.85. The third-order valence-corrected chi connectivity index (χ3v) is 18.8. The number of halogens is 1. The van der Waals surface area contributed by atoms with E-state index in [1.807, 2.05) is 77.5 Å². The van der Waals surface area contributed by atoms with Gasteiger partial charge in [-0.1, -0.05) is 43.8 Å². The number of hydrogen-bond acceptors (Lipinski definition) is 17. The van der Waals surface area contributed by atoms with Crippen molar-refractivity contribution in [3.63, 3.8) is 0 Å². The third-order valence-electron chi connectivity index (χ3n) is 16.3. The molecule has 3 saturated heterocycles. The molecule has 0 saturated carbocycles. The van der Waals surface area contributed by atoms with E-state index in [0.717, 1.165) is 149 Å². The number of aromatic nitrogens is 8. The molecule has 0 spiro atoms. The standard InChI is InChI=1S/C26H27N5O2S.C19H21BN2O2S.C13H18BrN3O2.CH2O3.CH4.2K.H/c1-15-26(32)30(3)14-22-24(29-25(31(15)22)17-7-9-33-10-8-17)19-6-4-5-18-11-21(28-12-20(18)19)23-13-27-16(2)34-23;1-12-21-11-17(25-12)16-9-13-7-6-8-15(14(13)10-22-16)20-23-18(2,3)19(4,5)24-20;1-8-13(18)16(2)7-10-11(14)15-12(17(8)10)9-3-5-19-6-4-9;2-1-4-3;;;;/h4-6,11-13,15,17H,7-10,14H2,1-3H3;6-11H,1-5H3;8-9H,3-7H2,1-2H3;1,3H;1H4;;;/q;;;;;2*+1;-1/p-1. The Morgan fingerprint density at radius 3 is 1.62 bits per heavy atom. The fourth-order valence-electron chi connectivity index (χ4n) is 11.2. The average Bonchev–Trinajstić information content (AvgIpc) is 2.29. The summed E-state index contributed by atoms with van der Waals surface area (Å²) in [5, 5.41) is 14.9. The minimum Gasteiger partial charge on any atom is -1.00 e. The zero-order valence-electron chi connectivity index (χ0n) is 50.8. The molecular weight excluding hydrogens is 1240 g/mol. The molecule has 440 valence electrons. The molecular formula is C60H72BBrK2N10O9S2. The van der Waals surface area contributed by atoms with Crippen molar-refractivity contribution in [1.82, 2.24) is 48.8 Å². The van der Waals surface area contributed by atoms with Gasteiger partial charge in [-0.2, -0.15) is 0 Å². The van der Waals surface area contributed by atoms with Crippen LogP contribution in [0.1, 0.15) is 133 Å². The number of imidazole rings is 2. The largest absolute Gasteiger partial charge is 1.00 e. The molecule has 11 heterocycles. The van der Waals surface area contributed by atoms with Crippen LogP contribution in [-0.4, -0.2) is 126 Å². The minimum absolute atomic E-state index is 0. The first-order valence-electron chi connectivity index (χ1n) is 27.5. The molecule has 0 aliphatic carbocycles. The first-order chi connectivity index (χ1) is 39.3. The van der Waals surface area contributed by atoms with Crippen LogP contribution in [-0.2, 0) is 51.1 Å². The van der Waals surface area contributed by atoms with E-state index >= 15 is 0 Å². The summed E-state index contributed by atoms with van der Waals surface area (Å²) in [7, 11) is 3.34. The van der Waals surface area contributed by atoms with Gasteiger partial charge >= 0.3 is 110 Å². The summed E-state index contributed by atoms with van der Waals surface area (Å²) in [5.74, 6) is 3.05. The molecule has 13 rings (SSSR count). The van der Waals surface area contributed by atoms with E-state index in [2.05, 4.69) is 120 Å². The van der Waals surface area contributed by atoms with Crippen molar-refractivity contribution in [3.05, 3.63) is 111 Å². The number of hydrogen-bond donors (Lipinski definition) is 0. The summed E-state index contributed by atoms with van der Waals surface area (Å²) in [6.45, 7) is 20.3. The van der Waals surface area contributed by atoms with Crippen molar-refractivity contribution in [2.24, 2.45) is 0 Å². The van der Waals surface area contributed by atoms with Gasteiger partial charge in [0.15, 0.2) is 0 Å². The van der Waals surface area contributed by atoms with E-state index in [1.54, 1.807) is 27.6 Å². The van der Waals surface area contributed by atoms with Crippen molar-refractivity contribution < 1.29 is 148 Å². The Hall–Kier alpha value is -3.03. The van der Waals surface area contributed by atoms with Crippen molar-refractivity contribution in [2.75, 3.05) is 40.5 Å². The normalized spacial score (nSPS) is 18.9. The van der Waals surface area contributed by atoms with Crippen molar-refractivity contribution in [3.8, 4) is 32.4 Å². The SMILES string of the molecule is C.CC1C(=O)N(C)Cc2c(Br)nc(C3CCOCC3)n21.Cc1ncc(-c2cc3cccc(-c4nc(C5CCOCC5)n5c4CN(C)C(=O)C5C)c3cn2)s1.Cc1ncc(-c2cc3cccc(B4OC(C)(C)C(C)(C)O4)c3cn2)s1.O=CO[O-].[H-].[K+].[K+]. The van der Waals surface area contributed by atoms with Gasteiger partial charge in [-0.25, -0.2) is 19.9 Å². The van der Waals surface area contributed by atoms with Crippen LogP contribution in [0.2, 0.25) is 0 Å². The van der Waals surface area contributed by atoms with E-state index in [0.29, 0.717) is 24.9 Å². The predicted octanol–water partition coefficient (Wildman–Crippen LogP) is 4.19. The maximum Gasteiger partial charge on any atom is 1.00 e. The Balaban J connectivity index is 0.000000203. The number of benzene rings is 2. The Morgan fingerprint density at radius 2 is 1.14 bits per heavy atom. The second-order valence-corrected chi connectivity index (χ2v) is 25.4. The molecule has 2 amide bonds. The quantitative estimate of drug-likeness (QED) is 0.0948. The summed E-state index contributed by atoms with van der Waals surface area (Å²) < 4.78 is 28.7. The number of rotatable bonds is 7. The van der Waals surface area contributed by atoms with Crippen LogP contribution in [0.3, 0.4) is 0 Å². The summed E-state index contributed by atoms with van der Waals surface area (Å²) in [5.41, 5.74) is 6.43. The van der Waals surface area contributed by atoms with Gasteiger partial charge in [-0.15, -0.1) is 22.7 Å². The van der Waals surface area contributed by atoms with Gasteiger partial charge in [0.1, 0.15) is 28.3 Å². The van der Waals surface area contributed by atoms with Crippen LogP contribution in [0.15, 0.2) is 77.9 Å². The number of fused-ring (bicyclic) bond motifs is 4. The average molecular weight is 1310 g/mol. The fraction of sp³-hybridized carbons (Fsp3) is 0.450. The number of aryl methyl sites for hydroxylation is 2. The van der Waals surface area contributed by atoms with Gasteiger partial charge in [0.2, 0.25) is 11.8 Å². The Bertz CT molecular complexity index is 3650. The predicted molar refractivity (Wildman–Crippen MR) is 325 cm³/mol. The zero-order chi connectivity index (χ0) is 58.2. The van der Waals surface area contributed by atoms with Crippen molar-refractivity contribution >= 4 is 91.0 Å². The molecule has 25 heteroatoms. The smallest absolute Gasteiger partial charge is 1.00 e. The maximum atomic E-state index is 12.9. The van der Waals surface area contributed by atoms with Crippen LogP contribution in [0.5, 0.6) is 0 Å². The Labute approximate surface area is 600 Å². The van der Waals surface area contributed by atoms with Crippen LogP contribution >= 0.6 is 38.6 Å². The third kappa shape index (κ3) is 14.8. The molecule has 2 aromatic carbocycles. The van der Waals surface area contributed by atoms with Gasteiger partial charge in [0, 0.05) is 88.1 Å². The van der Waals surface area contributed by atoms with Crippen LogP contribution in [0, 0.1) is 13.8 Å². The monoisotopic (exact) mass is 1310 g/mol. The molecule has 19 nitrogen and oxygen atoms in total. The Kier molecular flexibility index (Phi) is 24.3. The number of thiazole rings is 2. The van der Waals surface area contributed by atoms with E-state index in [1.165, 1.54) is 0 Å². The summed E-state index contributed by atoms with van der Waals surface area (Å²) in [4.78, 5) is 70.1. The van der Waals surface area contributed by atoms with Crippen LogP contribution in [0.25, 0.3) is 53.9 Å². The topological polar surface area (TPSA) is 214 Å². The molecule has 5 aliphatic heterocycles. The van der Waals surface area contributed by atoms with Gasteiger partial charge in [0.05, 0.1) is 72.5 Å². The van der Waals surface area contributed by atoms with Crippen molar-refractivity contribution in [2.45, 2.75) is 137 Å². The van der Waals surface area contributed by atoms with Gasteiger partial charge in [0.25, 0.3) is 6.47 Å². The number of carbonyl (C=O) groups is 3. The van der Waals surface area contributed by atoms with E-state index < -0.39 is 0 Å². The maximum absolute atomic E-state index is 12.9. The van der Waals surface area contributed by atoms with Crippen molar-refractivity contribution in [1.29, 1.82) is 0 Å². The molecule has 3 fully saturated rings. The molecule has 85 heavy (non-hydrogen) atoms. The van der Waals surface area contributed by atoms with Crippen LogP contribution in [0.4, 0.5) is 0 Å². The van der Waals surface area contributed by atoms with Gasteiger partial charge in [-0.3, -0.25) is 24.4 Å². The number of pyridine rings is 2. The molecule has 5 aliphatic rings. The van der Waals surface area contributed by atoms with E-state index in [4.69, 9.17) is 38.8 Å². The second kappa shape index (κ2) is 29.7. The van der Waals surface area contributed by atoms with E-state index in [9.17, 15) is 9.59 Å². The number of carbonyl (C=O) groups excluding carboxylic acids is 3. The molecule has 2 atom stereocenters. The summed E-state index contributed by atoms with van der Waals surface area (Å²) in [6.07, 6.45) is 11.5. The summed E-state index contributed by atoms with van der Waals surface area (Å²) in [6, 6.07) is 16.4. The Morgan fingerprint density at radius 1 is 0.694 bits per heavy atom. The number of amides is 2. The van der Waals surface area contributed by atoms with E-state index in [-0.39, 0.29) is 160 Å². The zero-order valence-corrected chi connectivity index (χ0v) is 59.3. The van der Waals surface area contributed by atoms with Gasteiger partial charge in [-0.05, 0) is 131 Å². The minimum atomic E-state index is -0.382. The number of nitrogens with zero attached hydrogens (tertiary/aromatic N) is 10. The number of ether oxygens (including phenoxy) is 2. The number of likely N-dealkylation sites (N-methyl/N-ethyl adjacent to an activating group) is 2. The first kappa shape index (κ1) is 69.4. The molecule has 8 aromatic rings. The molecule has 6 aromatic heterocycles. The fourth-order valence-corrected chi connectivity index (χ4v) is 13.2. The molecule has 0 bridgehead atoms. The molecule has 0 radical (unpaired) electrons. The van der Waals surface area contributed by atoms with Crippen LogP contribution < -0.4 is 113 Å². The molecule has 0 N–H and O–H groups in total. The molecule has 2 unspecified atom stereocenters. The van der Waals surface area contributed by atoms with Gasteiger partial charge < -0.3 is 49.3 Å². The first-order valence-corrected chi connectivity index (χ1v) is 30.0. The second-order valence-electron chi connectivity index (χ2n) is 22.2.